The van der Waals surface area contributed by atoms with Crippen LogP contribution in [-0.4, -0.2) is 94.4 Å². The van der Waals surface area contributed by atoms with E-state index in [0.717, 1.165) is 19.3 Å². The SMILES string of the molecule is CCCCCCCCCCCCCCCC(=O)OCC(O)COP(=O)(O)OCC(O)CO.[Na]. The van der Waals surface area contributed by atoms with E-state index in [-0.39, 0.29) is 42.6 Å². The number of esters is 1. The Hall–Kier alpha value is 0.460. The zero-order valence-electron chi connectivity index (χ0n) is 20.7. The average molecular weight is 508 g/mol. The number of hydrogen-bond acceptors (Lipinski definition) is 8. The fraction of sp³-hybridized carbons (Fsp3) is 0.955. The summed E-state index contributed by atoms with van der Waals surface area (Å²) < 4.78 is 25.5. The molecule has 0 aliphatic heterocycles. The van der Waals surface area contributed by atoms with Gasteiger partial charge in [-0.1, -0.05) is 84.0 Å². The van der Waals surface area contributed by atoms with Crippen LogP contribution in [0.25, 0.3) is 0 Å². The minimum atomic E-state index is -4.48. The molecule has 0 amide bonds. The van der Waals surface area contributed by atoms with Crippen LogP contribution >= 0.6 is 7.82 Å². The summed E-state index contributed by atoms with van der Waals surface area (Å²) in [5.41, 5.74) is 0. The van der Waals surface area contributed by atoms with Crippen LogP contribution in [0.4, 0.5) is 0 Å². The molecule has 9 nitrogen and oxygen atoms in total. The summed E-state index contributed by atoms with van der Waals surface area (Å²) in [6, 6.07) is 0. The van der Waals surface area contributed by atoms with Crippen molar-refractivity contribution in [2.45, 2.75) is 109 Å². The van der Waals surface area contributed by atoms with Crippen molar-refractivity contribution >= 4 is 43.3 Å². The Kier molecular flexibility index (Phi) is 26.1. The zero-order chi connectivity index (χ0) is 24.1. The molecule has 3 unspecified atom stereocenters. The Bertz CT molecular complexity index is 496. The Balaban J connectivity index is 0. The topological polar surface area (TPSA) is 143 Å². The van der Waals surface area contributed by atoms with Gasteiger partial charge in [0.05, 0.1) is 19.8 Å². The quantitative estimate of drug-likeness (QED) is 0.0707. The van der Waals surface area contributed by atoms with E-state index in [1.807, 2.05) is 0 Å². The zero-order valence-corrected chi connectivity index (χ0v) is 23.6. The number of carbonyl (C=O) groups excluding carboxylic acids is 1. The summed E-state index contributed by atoms with van der Waals surface area (Å²) in [6.45, 7) is 0.0932. The monoisotopic (exact) mass is 507 g/mol. The molecule has 0 spiro atoms. The molecular weight excluding hydrogens is 462 g/mol. The number of aliphatic hydroxyl groups is 3. The smallest absolute Gasteiger partial charge is 0.463 e. The molecule has 0 aromatic carbocycles. The fourth-order valence-electron chi connectivity index (χ4n) is 3.05. The number of phosphoric ester groups is 1. The summed E-state index contributed by atoms with van der Waals surface area (Å²) in [4.78, 5) is 21.1. The number of carbonyl (C=O) groups is 1. The molecule has 0 aromatic heterocycles. The van der Waals surface area contributed by atoms with E-state index in [1.165, 1.54) is 64.2 Å². The van der Waals surface area contributed by atoms with Gasteiger partial charge in [0.2, 0.25) is 0 Å². The van der Waals surface area contributed by atoms with Crippen molar-refractivity contribution in [2.75, 3.05) is 26.4 Å². The Morgan fingerprint density at radius 1 is 0.758 bits per heavy atom. The second-order valence-electron chi connectivity index (χ2n) is 8.23. The van der Waals surface area contributed by atoms with Crippen molar-refractivity contribution in [1.29, 1.82) is 0 Å². The van der Waals surface area contributed by atoms with Gasteiger partial charge in [0, 0.05) is 36.0 Å². The van der Waals surface area contributed by atoms with Gasteiger partial charge in [0.25, 0.3) is 0 Å². The number of ether oxygens (including phenoxy) is 1. The van der Waals surface area contributed by atoms with E-state index in [4.69, 9.17) is 14.9 Å². The molecule has 3 atom stereocenters. The first kappa shape index (κ1) is 35.6. The summed E-state index contributed by atoms with van der Waals surface area (Å²) in [7, 11) is -4.48. The Labute approximate surface area is 221 Å². The number of unbranched alkanes of at least 4 members (excludes halogenated alkanes) is 12. The van der Waals surface area contributed by atoms with Crippen LogP contribution in [0, 0.1) is 0 Å². The van der Waals surface area contributed by atoms with Crippen molar-refractivity contribution in [3.63, 3.8) is 0 Å². The second kappa shape index (κ2) is 24.2. The largest absolute Gasteiger partial charge is 0.472 e. The number of aliphatic hydroxyl groups excluding tert-OH is 3. The maximum absolute atomic E-state index is 11.7. The van der Waals surface area contributed by atoms with Crippen molar-refractivity contribution < 1.29 is 43.4 Å². The molecule has 0 saturated carbocycles. The average Bonchev–Trinajstić information content (AvgIpc) is 2.77. The minimum Gasteiger partial charge on any atom is -0.463 e. The standard InChI is InChI=1S/C22H45O9P.Na/c1-2-3-4-5-6-7-8-9-10-11-12-13-14-15-22(26)29-17-21(25)19-31-32(27,28)30-18-20(24)16-23;/h20-21,23-25H,2-19H2,1H3,(H,27,28);. The fourth-order valence-corrected chi connectivity index (χ4v) is 3.84. The molecule has 0 bridgehead atoms. The summed E-state index contributed by atoms with van der Waals surface area (Å²) in [5.74, 6) is -0.429. The van der Waals surface area contributed by atoms with Gasteiger partial charge in [-0.25, -0.2) is 4.57 Å². The van der Waals surface area contributed by atoms with Crippen LogP contribution in [0.1, 0.15) is 96.8 Å². The normalized spacial score (nSPS) is 14.8. The number of phosphoric acid groups is 1. The van der Waals surface area contributed by atoms with Crippen LogP contribution in [-0.2, 0) is 23.1 Å². The summed E-state index contributed by atoms with van der Waals surface area (Å²) in [5, 5.41) is 27.4. The maximum Gasteiger partial charge on any atom is 0.472 e. The molecule has 0 aliphatic carbocycles. The first-order chi connectivity index (χ1) is 15.3. The minimum absolute atomic E-state index is 0. The molecule has 193 valence electrons. The van der Waals surface area contributed by atoms with E-state index < -0.39 is 45.8 Å². The third-order valence-electron chi connectivity index (χ3n) is 4.99. The van der Waals surface area contributed by atoms with E-state index in [2.05, 4.69) is 16.0 Å². The summed E-state index contributed by atoms with van der Waals surface area (Å²) >= 11 is 0. The van der Waals surface area contributed by atoms with E-state index in [1.54, 1.807) is 0 Å². The first-order valence-electron chi connectivity index (χ1n) is 12.0. The molecule has 0 fully saturated rings. The van der Waals surface area contributed by atoms with Gasteiger partial charge in [0.1, 0.15) is 18.8 Å². The van der Waals surface area contributed by atoms with Gasteiger partial charge in [-0.05, 0) is 6.42 Å². The van der Waals surface area contributed by atoms with E-state index >= 15 is 0 Å². The molecule has 11 heteroatoms. The third kappa shape index (κ3) is 25.4. The van der Waals surface area contributed by atoms with Crippen LogP contribution in [0.2, 0.25) is 0 Å². The van der Waals surface area contributed by atoms with Crippen LogP contribution in [0.15, 0.2) is 0 Å². The van der Waals surface area contributed by atoms with Crippen molar-refractivity contribution in [3.05, 3.63) is 0 Å². The Morgan fingerprint density at radius 2 is 1.18 bits per heavy atom. The van der Waals surface area contributed by atoms with Crippen molar-refractivity contribution in [2.24, 2.45) is 0 Å². The van der Waals surface area contributed by atoms with Crippen LogP contribution in [0.3, 0.4) is 0 Å². The van der Waals surface area contributed by atoms with Crippen LogP contribution < -0.4 is 0 Å². The molecule has 4 N–H and O–H groups in total. The maximum atomic E-state index is 11.7. The van der Waals surface area contributed by atoms with Crippen LogP contribution in [0.5, 0.6) is 0 Å². The predicted molar refractivity (Wildman–Crippen MR) is 128 cm³/mol. The summed E-state index contributed by atoms with van der Waals surface area (Å²) in [6.07, 6.45) is 13.5. The van der Waals surface area contributed by atoms with E-state index in [9.17, 15) is 19.4 Å². The molecule has 1 radical (unpaired) electrons. The third-order valence-corrected chi connectivity index (χ3v) is 5.94. The molecule has 33 heavy (non-hydrogen) atoms. The van der Waals surface area contributed by atoms with Gasteiger partial charge >= 0.3 is 13.8 Å². The predicted octanol–water partition coefficient (Wildman–Crippen LogP) is 3.48. The van der Waals surface area contributed by atoms with E-state index in [0.29, 0.717) is 0 Å². The number of hydrogen-bond donors (Lipinski definition) is 4. The molecule has 0 aromatic rings. The van der Waals surface area contributed by atoms with Gasteiger partial charge < -0.3 is 24.9 Å². The molecule has 0 aliphatic rings. The first-order valence-corrected chi connectivity index (χ1v) is 13.5. The molecule has 0 rings (SSSR count). The van der Waals surface area contributed by atoms with Gasteiger partial charge in [0.15, 0.2) is 0 Å². The second-order valence-corrected chi connectivity index (χ2v) is 9.68. The molecular formula is C22H45NaO9P. The van der Waals surface area contributed by atoms with Crippen molar-refractivity contribution in [1.82, 2.24) is 0 Å². The number of rotatable bonds is 23. The molecule has 0 heterocycles. The van der Waals surface area contributed by atoms with Gasteiger partial charge in [-0.3, -0.25) is 13.8 Å². The molecule has 0 saturated heterocycles. The van der Waals surface area contributed by atoms with Crippen molar-refractivity contribution in [3.8, 4) is 0 Å². The van der Waals surface area contributed by atoms with Gasteiger partial charge in [-0.15, -0.1) is 0 Å². The van der Waals surface area contributed by atoms with Gasteiger partial charge in [-0.2, -0.15) is 0 Å². The Morgan fingerprint density at radius 3 is 1.64 bits per heavy atom.